The molecule has 136 valence electrons. The van der Waals surface area contributed by atoms with E-state index in [4.69, 9.17) is 16.3 Å². The van der Waals surface area contributed by atoms with Gasteiger partial charge in [-0.1, -0.05) is 11.6 Å². The molecule has 1 aromatic carbocycles. The number of carbonyl (C=O) groups is 2. The lowest BCUT2D eigenvalue weighted by Crippen LogP contribution is -2.48. The third kappa shape index (κ3) is 4.05. The maximum Gasteiger partial charge on any atom is 0.254 e. The second kappa shape index (κ2) is 8.05. The molecule has 26 heavy (non-hydrogen) atoms. The van der Waals surface area contributed by atoms with Crippen LogP contribution in [-0.2, 0) is 4.79 Å². The lowest BCUT2D eigenvalue weighted by molar-refractivity contribution is -0.119. The fraction of sp³-hybridized carbons (Fsp3) is 0.278. The number of rotatable bonds is 5. The van der Waals surface area contributed by atoms with Crippen LogP contribution in [-0.4, -0.2) is 60.4 Å². The monoisotopic (exact) mass is 374 g/mol. The highest BCUT2D eigenvalue weighted by Crippen LogP contribution is 2.30. The Bertz CT molecular complexity index is 807. The van der Waals surface area contributed by atoms with Crippen LogP contribution in [0.3, 0.4) is 0 Å². The molecule has 1 aliphatic heterocycles. The summed E-state index contributed by atoms with van der Waals surface area (Å²) in [5.74, 6) is 1.06. The van der Waals surface area contributed by atoms with E-state index in [0.29, 0.717) is 54.0 Å². The third-order valence-electron chi connectivity index (χ3n) is 4.18. The van der Waals surface area contributed by atoms with Gasteiger partial charge < -0.3 is 19.9 Å². The molecule has 0 saturated carbocycles. The van der Waals surface area contributed by atoms with Gasteiger partial charge in [-0.15, -0.1) is 0 Å². The Balaban J connectivity index is 1.75. The van der Waals surface area contributed by atoms with Crippen LogP contribution in [0.1, 0.15) is 10.4 Å². The lowest BCUT2D eigenvalue weighted by Gasteiger charge is -2.32. The van der Waals surface area contributed by atoms with Gasteiger partial charge in [0.2, 0.25) is 6.41 Å². The maximum atomic E-state index is 12.7. The molecule has 0 atom stereocenters. The van der Waals surface area contributed by atoms with E-state index in [1.165, 1.54) is 0 Å². The standard InChI is InChI=1S/C18H19ClN4O3/c1-26-16-3-2-14(19)11-15(16)21-17-10-13(4-5-20-17)18(25)23-8-6-22(12-24)7-9-23/h2-5,10-12H,6-9H2,1H3,(H,20,21). The summed E-state index contributed by atoms with van der Waals surface area (Å²) < 4.78 is 5.31. The van der Waals surface area contributed by atoms with Crippen molar-refractivity contribution < 1.29 is 14.3 Å². The van der Waals surface area contributed by atoms with Crippen molar-refractivity contribution in [2.45, 2.75) is 0 Å². The zero-order valence-electron chi connectivity index (χ0n) is 14.3. The molecule has 0 bridgehead atoms. The molecule has 8 heteroatoms. The smallest absolute Gasteiger partial charge is 0.254 e. The Morgan fingerprint density at radius 2 is 2.00 bits per heavy atom. The first kappa shape index (κ1) is 18.0. The molecule has 1 aromatic heterocycles. The first-order valence-corrected chi connectivity index (χ1v) is 8.54. The molecule has 7 nitrogen and oxygen atoms in total. The minimum absolute atomic E-state index is 0.0842. The molecule has 1 aliphatic rings. The van der Waals surface area contributed by atoms with Gasteiger partial charge in [-0.05, 0) is 30.3 Å². The van der Waals surface area contributed by atoms with Crippen LogP contribution >= 0.6 is 11.6 Å². The highest BCUT2D eigenvalue weighted by atomic mass is 35.5. The summed E-state index contributed by atoms with van der Waals surface area (Å²) in [5.41, 5.74) is 1.19. The van der Waals surface area contributed by atoms with E-state index in [1.54, 1.807) is 53.4 Å². The minimum Gasteiger partial charge on any atom is -0.495 e. The average molecular weight is 375 g/mol. The lowest BCUT2D eigenvalue weighted by atomic mass is 10.2. The zero-order chi connectivity index (χ0) is 18.5. The van der Waals surface area contributed by atoms with E-state index in [2.05, 4.69) is 10.3 Å². The van der Waals surface area contributed by atoms with Gasteiger partial charge in [0.25, 0.3) is 5.91 Å². The van der Waals surface area contributed by atoms with Gasteiger partial charge in [-0.3, -0.25) is 9.59 Å². The number of benzene rings is 1. The molecule has 2 amide bonds. The van der Waals surface area contributed by atoms with Crippen molar-refractivity contribution >= 4 is 35.4 Å². The van der Waals surface area contributed by atoms with Gasteiger partial charge in [0, 0.05) is 43.0 Å². The summed E-state index contributed by atoms with van der Waals surface area (Å²) in [5, 5.41) is 3.70. The Morgan fingerprint density at radius 1 is 1.23 bits per heavy atom. The van der Waals surface area contributed by atoms with E-state index in [0.717, 1.165) is 6.41 Å². The molecule has 1 N–H and O–H groups in total. The Hall–Kier alpha value is -2.80. The molecule has 2 heterocycles. The van der Waals surface area contributed by atoms with Crippen molar-refractivity contribution in [1.29, 1.82) is 0 Å². The second-order valence-corrected chi connectivity index (χ2v) is 6.27. The fourth-order valence-corrected chi connectivity index (χ4v) is 2.93. The number of methoxy groups -OCH3 is 1. The zero-order valence-corrected chi connectivity index (χ0v) is 15.1. The highest BCUT2D eigenvalue weighted by Gasteiger charge is 2.21. The Kier molecular flexibility index (Phi) is 5.58. The number of nitrogens with one attached hydrogen (secondary N) is 1. The van der Waals surface area contributed by atoms with Gasteiger partial charge in [0.1, 0.15) is 11.6 Å². The first-order chi connectivity index (χ1) is 12.6. The van der Waals surface area contributed by atoms with Crippen LogP contribution in [0.4, 0.5) is 11.5 Å². The summed E-state index contributed by atoms with van der Waals surface area (Å²) >= 11 is 6.04. The van der Waals surface area contributed by atoms with Crippen molar-refractivity contribution in [1.82, 2.24) is 14.8 Å². The predicted molar refractivity (Wildman–Crippen MR) is 99.1 cm³/mol. The van der Waals surface area contributed by atoms with Gasteiger partial charge in [-0.25, -0.2) is 4.98 Å². The number of hydrogen-bond acceptors (Lipinski definition) is 5. The SMILES string of the molecule is COc1ccc(Cl)cc1Nc1cc(C(=O)N2CCN(C=O)CC2)ccn1. The van der Waals surface area contributed by atoms with E-state index in [9.17, 15) is 9.59 Å². The molecule has 2 aromatic rings. The Labute approximate surface area is 156 Å². The fourth-order valence-electron chi connectivity index (χ4n) is 2.76. The van der Waals surface area contributed by atoms with Gasteiger partial charge in [0.05, 0.1) is 12.8 Å². The van der Waals surface area contributed by atoms with Crippen LogP contribution in [0.2, 0.25) is 5.02 Å². The summed E-state index contributed by atoms with van der Waals surface area (Å²) in [6.07, 6.45) is 2.39. The summed E-state index contributed by atoms with van der Waals surface area (Å²) in [6, 6.07) is 8.59. The molecule has 0 spiro atoms. The second-order valence-electron chi connectivity index (χ2n) is 5.83. The molecule has 0 unspecified atom stereocenters. The van der Waals surface area contributed by atoms with Gasteiger partial charge in [-0.2, -0.15) is 0 Å². The number of aromatic nitrogens is 1. The summed E-state index contributed by atoms with van der Waals surface area (Å²) in [6.45, 7) is 2.13. The van der Waals surface area contributed by atoms with E-state index in [1.807, 2.05) is 0 Å². The number of nitrogens with zero attached hydrogens (tertiary/aromatic N) is 3. The molecule has 0 radical (unpaired) electrons. The first-order valence-electron chi connectivity index (χ1n) is 8.16. The predicted octanol–water partition coefficient (Wildman–Crippen LogP) is 2.40. The van der Waals surface area contributed by atoms with E-state index >= 15 is 0 Å². The normalized spacial score (nSPS) is 14.1. The van der Waals surface area contributed by atoms with Gasteiger partial charge in [0.15, 0.2) is 0 Å². The number of amides is 2. The molecule has 3 rings (SSSR count). The number of ether oxygens (including phenoxy) is 1. The van der Waals surface area contributed by atoms with Crippen LogP contribution < -0.4 is 10.1 Å². The van der Waals surface area contributed by atoms with Crippen molar-refractivity contribution in [2.24, 2.45) is 0 Å². The molecule has 1 fully saturated rings. The van der Waals surface area contributed by atoms with E-state index < -0.39 is 0 Å². The average Bonchev–Trinajstić information content (AvgIpc) is 2.68. The topological polar surface area (TPSA) is 74.8 Å². The van der Waals surface area contributed by atoms with Crippen molar-refractivity contribution in [3.63, 3.8) is 0 Å². The third-order valence-corrected chi connectivity index (χ3v) is 4.42. The van der Waals surface area contributed by atoms with Gasteiger partial charge >= 0.3 is 0 Å². The number of hydrogen-bond donors (Lipinski definition) is 1. The van der Waals surface area contributed by atoms with Crippen LogP contribution in [0.15, 0.2) is 36.5 Å². The molecule has 0 aliphatic carbocycles. The molecular formula is C18H19ClN4O3. The van der Waals surface area contributed by atoms with Crippen LogP contribution in [0.5, 0.6) is 5.75 Å². The summed E-state index contributed by atoms with van der Waals surface area (Å²) in [7, 11) is 1.57. The molecule has 1 saturated heterocycles. The van der Waals surface area contributed by atoms with Crippen molar-refractivity contribution in [2.75, 3.05) is 38.6 Å². The minimum atomic E-state index is -0.0842. The number of halogens is 1. The van der Waals surface area contributed by atoms with Crippen molar-refractivity contribution in [3.05, 3.63) is 47.1 Å². The largest absolute Gasteiger partial charge is 0.495 e. The highest BCUT2D eigenvalue weighted by molar-refractivity contribution is 6.31. The van der Waals surface area contributed by atoms with Crippen molar-refractivity contribution in [3.8, 4) is 5.75 Å². The number of anilines is 2. The number of carbonyl (C=O) groups excluding carboxylic acids is 2. The number of pyridine rings is 1. The molecular weight excluding hydrogens is 356 g/mol. The quantitative estimate of drug-likeness (QED) is 0.813. The van der Waals surface area contributed by atoms with E-state index in [-0.39, 0.29) is 5.91 Å². The van der Waals surface area contributed by atoms with Crippen LogP contribution in [0.25, 0.3) is 0 Å². The number of piperazine rings is 1. The maximum absolute atomic E-state index is 12.7. The Morgan fingerprint density at radius 3 is 2.69 bits per heavy atom. The van der Waals surface area contributed by atoms with Crippen LogP contribution in [0, 0.1) is 0 Å². The summed E-state index contributed by atoms with van der Waals surface area (Å²) in [4.78, 5) is 31.1.